The lowest BCUT2D eigenvalue weighted by Gasteiger charge is -2.23. The highest BCUT2D eigenvalue weighted by Crippen LogP contribution is 2.11. The van der Waals surface area contributed by atoms with E-state index in [2.05, 4.69) is 21.3 Å². The number of unbranched alkanes of at least 4 members (excludes halogenated alkanes) is 2. The first kappa shape index (κ1) is 44.2. The minimum absolute atomic E-state index is 0.0378. The molecule has 0 aromatic heterocycles. The number of carbonyl (C=O) groups is 6. The molecule has 0 saturated heterocycles. The molecule has 0 spiro atoms. The molecule has 0 saturated carbocycles. The van der Waals surface area contributed by atoms with E-state index in [0.717, 1.165) is 11.1 Å². The molecule has 3 unspecified atom stereocenters. The molecule has 53 heavy (non-hydrogen) atoms. The standard InChI is InChI=1S/C40H58N4O9/c1-6-17-32(37(48)51-27-29-19-11-8-12-20-29)43-35(46)25-24-31(42-34(45)23-15-10-16-26-41-39(50)53-40(3,4)5)36(47)44-33(18-7-2)38(49)52-28-30-21-13-9-14-22-30/h8-9,11-14,19-22,31-33H,6-7,10,15-18,23-28H2,1-5H3,(H,41,50)(H,42,45)(H,43,46)(H,44,47). The normalized spacial score (nSPS) is 12.7. The van der Waals surface area contributed by atoms with Crippen LogP contribution in [0.3, 0.4) is 0 Å². The van der Waals surface area contributed by atoms with Crippen LogP contribution < -0.4 is 21.3 Å². The van der Waals surface area contributed by atoms with Gasteiger partial charge >= 0.3 is 18.0 Å². The Kier molecular flexibility index (Phi) is 20.3. The largest absolute Gasteiger partial charge is 0.459 e. The van der Waals surface area contributed by atoms with Crippen LogP contribution in [0.25, 0.3) is 0 Å². The van der Waals surface area contributed by atoms with Gasteiger partial charge in [0, 0.05) is 19.4 Å². The molecule has 4 N–H and O–H groups in total. The summed E-state index contributed by atoms with van der Waals surface area (Å²) in [4.78, 5) is 77.4. The molecule has 2 aromatic carbocycles. The smallest absolute Gasteiger partial charge is 0.407 e. The number of benzene rings is 2. The Balaban J connectivity index is 2.02. The minimum atomic E-state index is -1.14. The fourth-order valence-corrected chi connectivity index (χ4v) is 5.18. The van der Waals surface area contributed by atoms with E-state index in [1.807, 2.05) is 74.5 Å². The van der Waals surface area contributed by atoms with Gasteiger partial charge in [0.1, 0.15) is 36.9 Å². The predicted octanol–water partition coefficient (Wildman–Crippen LogP) is 5.39. The van der Waals surface area contributed by atoms with Crippen molar-refractivity contribution in [2.45, 2.75) is 136 Å². The van der Waals surface area contributed by atoms with Gasteiger partial charge in [-0.2, -0.15) is 0 Å². The van der Waals surface area contributed by atoms with Crippen LogP contribution in [0.2, 0.25) is 0 Å². The Labute approximate surface area is 313 Å². The van der Waals surface area contributed by atoms with E-state index in [4.69, 9.17) is 14.2 Å². The molecular formula is C40H58N4O9. The highest BCUT2D eigenvalue weighted by Gasteiger charge is 2.29. The number of amides is 4. The summed E-state index contributed by atoms with van der Waals surface area (Å²) in [5, 5.41) is 10.8. The summed E-state index contributed by atoms with van der Waals surface area (Å²) in [6, 6.07) is 15.4. The van der Waals surface area contributed by atoms with Crippen LogP contribution in [0.15, 0.2) is 60.7 Å². The highest BCUT2D eigenvalue weighted by atomic mass is 16.6. The van der Waals surface area contributed by atoms with Crippen molar-refractivity contribution in [2.24, 2.45) is 0 Å². The molecule has 0 fully saturated rings. The van der Waals surface area contributed by atoms with Gasteiger partial charge in [-0.05, 0) is 64.0 Å². The third kappa shape index (κ3) is 19.5. The highest BCUT2D eigenvalue weighted by molar-refractivity contribution is 5.91. The number of esters is 2. The van der Waals surface area contributed by atoms with Crippen LogP contribution in [0.4, 0.5) is 4.79 Å². The molecule has 0 bridgehead atoms. The summed E-state index contributed by atoms with van der Waals surface area (Å²) in [5.41, 5.74) is 1.01. The SMILES string of the molecule is CCCC(NC(=O)CCC(NC(=O)CCCCCNC(=O)OC(C)(C)C)C(=O)NC(CCC)C(=O)OCc1ccccc1)C(=O)OCc1ccccc1. The van der Waals surface area contributed by atoms with Crippen LogP contribution in [-0.4, -0.2) is 66.0 Å². The van der Waals surface area contributed by atoms with Gasteiger partial charge in [0.2, 0.25) is 17.7 Å². The number of carbonyl (C=O) groups excluding carboxylic acids is 6. The van der Waals surface area contributed by atoms with Crippen molar-refractivity contribution in [2.75, 3.05) is 6.54 Å². The lowest BCUT2D eigenvalue weighted by atomic mass is 10.1. The van der Waals surface area contributed by atoms with E-state index in [9.17, 15) is 28.8 Å². The van der Waals surface area contributed by atoms with E-state index in [1.165, 1.54) is 0 Å². The molecule has 3 atom stereocenters. The number of nitrogens with one attached hydrogen (secondary N) is 4. The van der Waals surface area contributed by atoms with Crippen LogP contribution in [-0.2, 0) is 51.4 Å². The maximum atomic E-state index is 13.6. The zero-order valence-electron chi connectivity index (χ0n) is 31.9. The van der Waals surface area contributed by atoms with Gasteiger partial charge in [-0.3, -0.25) is 14.4 Å². The third-order valence-corrected chi connectivity index (χ3v) is 7.88. The molecule has 4 amide bonds. The van der Waals surface area contributed by atoms with Crippen molar-refractivity contribution in [3.05, 3.63) is 71.8 Å². The van der Waals surface area contributed by atoms with Crippen LogP contribution >= 0.6 is 0 Å². The molecule has 0 aliphatic carbocycles. The predicted molar refractivity (Wildman–Crippen MR) is 200 cm³/mol. The summed E-state index contributed by atoms with van der Waals surface area (Å²) in [6.45, 7) is 9.57. The topological polar surface area (TPSA) is 178 Å². The maximum absolute atomic E-state index is 13.6. The molecule has 0 aliphatic rings. The number of alkyl carbamates (subject to hydrolysis) is 1. The molecular weight excluding hydrogens is 680 g/mol. The maximum Gasteiger partial charge on any atom is 0.407 e. The van der Waals surface area contributed by atoms with Crippen molar-refractivity contribution < 1.29 is 43.0 Å². The zero-order chi connectivity index (χ0) is 39.1. The Morgan fingerprint density at radius 1 is 0.604 bits per heavy atom. The summed E-state index contributed by atoms with van der Waals surface area (Å²) in [7, 11) is 0. The average molecular weight is 739 g/mol. The van der Waals surface area contributed by atoms with E-state index >= 15 is 0 Å². The van der Waals surface area contributed by atoms with Crippen molar-refractivity contribution in [1.82, 2.24) is 21.3 Å². The molecule has 0 aliphatic heterocycles. The van der Waals surface area contributed by atoms with E-state index in [-0.39, 0.29) is 32.5 Å². The lowest BCUT2D eigenvalue weighted by Crippen LogP contribution is -2.52. The van der Waals surface area contributed by atoms with Crippen molar-refractivity contribution >= 4 is 35.8 Å². The number of hydrogen-bond donors (Lipinski definition) is 4. The molecule has 13 nitrogen and oxygen atoms in total. The Morgan fingerprint density at radius 3 is 1.60 bits per heavy atom. The molecule has 0 heterocycles. The second kappa shape index (κ2) is 24.3. The van der Waals surface area contributed by atoms with Crippen LogP contribution in [0.5, 0.6) is 0 Å². The first-order valence-electron chi connectivity index (χ1n) is 18.6. The second-order valence-electron chi connectivity index (χ2n) is 13.8. The molecule has 0 radical (unpaired) electrons. The number of ether oxygens (including phenoxy) is 3. The van der Waals surface area contributed by atoms with Gasteiger partial charge in [-0.15, -0.1) is 0 Å². The fourth-order valence-electron chi connectivity index (χ4n) is 5.18. The summed E-state index contributed by atoms with van der Waals surface area (Å²) in [5.74, 6) is -2.70. The van der Waals surface area contributed by atoms with Crippen LogP contribution in [0, 0.1) is 0 Å². The summed E-state index contributed by atoms with van der Waals surface area (Å²) < 4.78 is 16.1. The van der Waals surface area contributed by atoms with Gasteiger partial charge in [0.15, 0.2) is 0 Å². The molecule has 292 valence electrons. The molecule has 13 heteroatoms. The second-order valence-corrected chi connectivity index (χ2v) is 13.8. The Bertz CT molecular complexity index is 1430. The molecule has 2 aromatic rings. The van der Waals surface area contributed by atoms with Crippen LogP contribution in [0.1, 0.15) is 110 Å². The molecule has 2 rings (SSSR count). The average Bonchev–Trinajstić information content (AvgIpc) is 3.12. The summed E-state index contributed by atoms with van der Waals surface area (Å²) >= 11 is 0. The van der Waals surface area contributed by atoms with Crippen molar-refractivity contribution in [3.63, 3.8) is 0 Å². The quantitative estimate of drug-likeness (QED) is 0.0661. The monoisotopic (exact) mass is 738 g/mol. The van der Waals surface area contributed by atoms with E-state index in [1.54, 1.807) is 20.8 Å². The minimum Gasteiger partial charge on any atom is -0.459 e. The fraction of sp³-hybridized carbons (Fsp3) is 0.550. The first-order valence-corrected chi connectivity index (χ1v) is 18.6. The van der Waals surface area contributed by atoms with E-state index < -0.39 is 59.5 Å². The first-order chi connectivity index (χ1) is 25.3. The van der Waals surface area contributed by atoms with Gasteiger partial charge in [0.05, 0.1) is 0 Å². The number of hydrogen-bond acceptors (Lipinski definition) is 9. The number of rotatable bonds is 23. The van der Waals surface area contributed by atoms with Gasteiger partial charge in [0.25, 0.3) is 0 Å². The lowest BCUT2D eigenvalue weighted by molar-refractivity contribution is -0.149. The van der Waals surface area contributed by atoms with E-state index in [0.29, 0.717) is 51.5 Å². The van der Waals surface area contributed by atoms with Gasteiger partial charge in [-0.25, -0.2) is 14.4 Å². The Morgan fingerprint density at radius 2 is 1.09 bits per heavy atom. The van der Waals surface area contributed by atoms with Gasteiger partial charge in [-0.1, -0.05) is 93.8 Å². The Hall–Kier alpha value is -4.94. The zero-order valence-corrected chi connectivity index (χ0v) is 31.9. The van der Waals surface area contributed by atoms with Crippen molar-refractivity contribution in [1.29, 1.82) is 0 Å². The van der Waals surface area contributed by atoms with Gasteiger partial charge < -0.3 is 35.5 Å². The third-order valence-electron chi connectivity index (χ3n) is 7.88. The van der Waals surface area contributed by atoms with Crippen molar-refractivity contribution in [3.8, 4) is 0 Å². The summed E-state index contributed by atoms with van der Waals surface area (Å²) in [6.07, 6.45) is 2.92.